The lowest BCUT2D eigenvalue weighted by molar-refractivity contribution is -0.144. The number of hydrogen-bond donors (Lipinski definition) is 0. The number of rotatable bonds is 6. The molecule has 2 heterocycles. The average molecular weight is 437 g/mol. The Hall–Kier alpha value is -1.85. The SMILES string of the molecule is CCC(CC)[C@@H]1CC[C@@](C(=O)N2CC=C(c3cncc(C(F)(F)F)c3)CC2)(C(C)C)C1. The molecule has 1 amide bonds. The van der Waals surface area contributed by atoms with Gasteiger partial charge in [-0.05, 0) is 60.6 Å². The number of alkyl halides is 3. The minimum atomic E-state index is -4.41. The Morgan fingerprint density at radius 3 is 2.52 bits per heavy atom. The summed E-state index contributed by atoms with van der Waals surface area (Å²) in [6, 6.07) is 1.16. The highest BCUT2D eigenvalue weighted by atomic mass is 19.4. The van der Waals surface area contributed by atoms with Crippen molar-refractivity contribution in [1.82, 2.24) is 9.88 Å². The molecule has 0 unspecified atom stereocenters. The molecule has 3 rings (SSSR count). The molecule has 1 aromatic heterocycles. The smallest absolute Gasteiger partial charge is 0.338 e. The fourth-order valence-electron chi connectivity index (χ4n) is 5.64. The van der Waals surface area contributed by atoms with Crippen LogP contribution < -0.4 is 0 Å². The van der Waals surface area contributed by atoms with Crippen molar-refractivity contribution in [2.45, 2.75) is 72.4 Å². The number of hydrogen-bond acceptors (Lipinski definition) is 2. The Kier molecular flexibility index (Phi) is 7.17. The second-order valence-corrected chi connectivity index (χ2v) is 9.58. The minimum absolute atomic E-state index is 0.230. The third kappa shape index (κ3) is 4.83. The summed E-state index contributed by atoms with van der Waals surface area (Å²) in [4.78, 5) is 19.4. The zero-order valence-electron chi connectivity index (χ0n) is 19.1. The predicted molar refractivity (Wildman–Crippen MR) is 117 cm³/mol. The third-order valence-corrected chi connectivity index (χ3v) is 7.77. The molecule has 172 valence electrons. The molecule has 2 atom stereocenters. The number of halogens is 3. The van der Waals surface area contributed by atoms with Crippen LogP contribution in [0, 0.1) is 23.2 Å². The van der Waals surface area contributed by atoms with Crippen LogP contribution in [0.2, 0.25) is 0 Å². The lowest BCUT2D eigenvalue weighted by Crippen LogP contribution is -2.47. The Morgan fingerprint density at radius 1 is 1.26 bits per heavy atom. The summed E-state index contributed by atoms with van der Waals surface area (Å²) in [5.41, 5.74) is 0.287. The van der Waals surface area contributed by atoms with Gasteiger partial charge in [0.05, 0.1) is 11.0 Å². The van der Waals surface area contributed by atoms with Crippen molar-refractivity contribution in [2.75, 3.05) is 13.1 Å². The van der Waals surface area contributed by atoms with Gasteiger partial charge in [-0.15, -0.1) is 0 Å². The first-order valence-corrected chi connectivity index (χ1v) is 11.6. The quantitative estimate of drug-likeness (QED) is 0.504. The van der Waals surface area contributed by atoms with E-state index >= 15 is 0 Å². The summed E-state index contributed by atoms with van der Waals surface area (Å²) in [5, 5.41) is 0. The third-order valence-electron chi connectivity index (χ3n) is 7.77. The van der Waals surface area contributed by atoms with Crippen LogP contribution in [0.5, 0.6) is 0 Å². The van der Waals surface area contributed by atoms with Crippen molar-refractivity contribution in [3.05, 3.63) is 35.7 Å². The molecule has 0 saturated heterocycles. The number of pyridine rings is 1. The van der Waals surface area contributed by atoms with Gasteiger partial charge in [-0.25, -0.2) is 0 Å². The van der Waals surface area contributed by atoms with Crippen LogP contribution in [0.25, 0.3) is 5.57 Å². The highest BCUT2D eigenvalue weighted by Crippen LogP contribution is 2.51. The Bertz CT molecular complexity index is 813. The van der Waals surface area contributed by atoms with Crippen molar-refractivity contribution < 1.29 is 18.0 Å². The van der Waals surface area contributed by atoms with E-state index < -0.39 is 11.7 Å². The summed E-state index contributed by atoms with van der Waals surface area (Å²) in [6.07, 6.45) is 5.71. The molecule has 6 heteroatoms. The molecule has 0 spiro atoms. The average Bonchev–Trinajstić information content (AvgIpc) is 3.20. The second kappa shape index (κ2) is 9.33. The number of carbonyl (C=O) groups is 1. The summed E-state index contributed by atoms with van der Waals surface area (Å²) in [6.45, 7) is 9.80. The number of carbonyl (C=O) groups excluding carboxylic acids is 1. The molecule has 0 radical (unpaired) electrons. The molecule has 0 bridgehead atoms. The van der Waals surface area contributed by atoms with Gasteiger partial charge < -0.3 is 4.90 Å². The van der Waals surface area contributed by atoms with Gasteiger partial charge in [0, 0.05) is 25.5 Å². The van der Waals surface area contributed by atoms with Crippen molar-refractivity contribution in [2.24, 2.45) is 23.2 Å². The monoisotopic (exact) mass is 436 g/mol. The number of amides is 1. The van der Waals surface area contributed by atoms with Gasteiger partial charge in [0.1, 0.15) is 0 Å². The van der Waals surface area contributed by atoms with Crippen molar-refractivity contribution >= 4 is 11.5 Å². The molecule has 0 aromatic carbocycles. The lowest BCUT2D eigenvalue weighted by atomic mass is 9.72. The molecule has 1 aliphatic heterocycles. The molecular weight excluding hydrogens is 401 g/mol. The molecule has 1 fully saturated rings. The summed E-state index contributed by atoms with van der Waals surface area (Å²) >= 11 is 0. The van der Waals surface area contributed by atoms with Gasteiger partial charge in [0.15, 0.2) is 0 Å². The maximum atomic E-state index is 13.7. The summed E-state index contributed by atoms with van der Waals surface area (Å²) in [5.74, 6) is 1.79. The molecule has 2 aliphatic rings. The van der Waals surface area contributed by atoms with Crippen molar-refractivity contribution in [1.29, 1.82) is 0 Å². The first-order valence-electron chi connectivity index (χ1n) is 11.6. The Balaban J connectivity index is 1.75. The predicted octanol–water partition coefficient (Wildman–Crippen LogP) is 6.59. The molecule has 1 aliphatic carbocycles. The van der Waals surface area contributed by atoms with E-state index in [0.29, 0.717) is 36.9 Å². The standard InChI is InChI=1S/C25H35F3N2O/c1-5-18(6-2)20-7-10-24(14-20,17(3)4)23(31)30-11-8-19(9-12-30)21-13-22(16-29-15-21)25(26,27)28/h8,13,15-18,20H,5-7,9-12,14H2,1-4H3/t20-,24+/m1/s1. The first kappa shape index (κ1) is 23.8. The summed E-state index contributed by atoms with van der Waals surface area (Å²) < 4.78 is 39.1. The number of nitrogens with zero attached hydrogens (tertiary/aromatic N) is 2. The van der Waals surface area contributed by atoms with E-state index in [1.54, 1.807) is 0 Å². The Morgan fingerprint density at radius 2 is 1.97 bits per heavy atom. The summed E-state index contributed by atoms with van der Waals surface area (Å²) in [7, 11) is 0. The molecule has 31 heavy (non-hydrogen) atoms. The van der Waals surface area contributed by atoms with Gasteiger partial charge in [0.2, 0.25) is 5.91 Å². The van der Waals surface area contributed by atoms with Crippen LogP contribution in [-0.4, -0.2) is 28.9 Å². The maximum Gasteiger partial charge on any atom is 0.417 e. The van der Waals surface area contributed by atoms with E-state index in [9.17, 15) is 18.0 Å². The van der Waals surface area contributed by atoms with E-state index in [0.717, 1.165) is 49.9 Å². The van der Waals surface area contributed by atoms with Gasteiger partial charge in [-0.2, -0.15) is 13.2 Å². The highest BCUT2D eigenvalue weighted by Gasteiger charge is 2.50. The molecule has 3 nitrogen and oxygen atoms in total. The second-order valence-electron chi connectivity index (χ2n) is 9.58. The van der Waals surface area contributed by atoms with E-state index in [1.807, 2.05) is 11.0 Å². The lowest BCUT2D eigenvalue weighted by Gasteiger charge is -2.39. The zero-order chi connectivity index (χ0) is 22.8. The number of aromatic nitrogens is 1. The highest BCUT2D eigenvalue weighted by molar-refractivity contribution is 5.84. The van der Waals surface area contributed by atoms with Crippen LogP contribution in [0.4, 0.5) is 13.2 Å². The van der Waals surface area contributed by atoms with Crippen LogP contribution in [0.1, 0.15) is 77.3 Å². The van der Waals surface area contributed by atoms with Gasteiger partial charge in [-0.3, -0.25) is 9.78 Å². The fourth-order valence-corrected chi connectivity index (χ4v) is 5.64. The first-order chi connectivity index (χ1) is 14.6. The van der Waals surface area contributed by atoms with Crippen LogP contribution in [-0.2, 0) is 11.0 Å². The molecule has 1 aromatic rings. The van der Waals surface area contributed by atoms with Crippen LogP contribution >= 0.6 is 0 Å². The molecular formula is C25H35F3N2O. The van der Waals surface area contributed by atoms with E-state index in [1.165, 1.54) is 6.20 Å². The van der Waals surface area contributed by atoms with Gasteiger partial charge in [-0.1, -0.05) is 46.6 Å². The maximum absolute atomic E-state index is 13.7. The largest absolute Gasteiger partial charge is 0.417 e. The van der Waals surface area contributed by atoms with Crippen molar-refractivity contribution in [3.63, 3.8) is 0 Å². The minimum Gasteiger partial charge on any atom is -0.338 e. The van der Waals surface area contributed by atoms with Gasteiger partial charge in [0.25, 0.3) is 0 Å². The normalized spacial score (nSPS) is 24.7. The zero-order valence-corrected chi connectivity index (χ0v) is 19.1. The Labute approximate surface area is 184 Å². The van der Waals surface area contributed by atoms with Crippen LogP contribution in [0.3, 0.4) is 0 Å². The van der Waals surface area contributed by atoms with Crippen molar-refractivity contribution in [3.8, 4) is 0 Å². The fraction of sp³-hybridized carbons (Fsp3) is 0.680. The topological polar surface area (TPSA) is 33.2 Å². The van der Waals surface area contributed by atoms with E-state index in [2.05, 4.69) is 32.7 Å². The van der Waals surface area contributed by atoms with Crippen LogP contribution in [0.15, 0.2) is 24.5 Å². The molecule has 1 saturated carbocycles. The molecule has 0 N–H and O–H groups in total. The van der Waals surface area contributed by atoms with Gasteiger partial charge >= 0.3 is 6.18 Å². The van der Waals surface area contributed by atoms with E-state index in [4.69, 9.17) is 0 Å². The van der Waals surface area contributed by atoms with E-state index in [-0.39, 0.29) is 17.2 Å².